The van der Waals surface area contributed by atoms with Crippen LogP contribution in [-0.4, -0.2) is 28.8 Å². The van der Waals surface area contributed by atoms with Crippen LogP contribution in [0.3, 0.4) is 0 Å². The number of carbonyl (C=O) groups excluding carboxylic acids is 1. The van der Waals surface area contributed by atoms with E-state index in [0.29, 0.717) is 13.1 Å². The van der Waals surface area contributed by atoms with Crippen molar-refractivity contribution in [2.75, 3.05) is 13.1 Å². The second-order valence-corrected chi connectivity index (χ2v) is 6.58. The molecule has 138 valence electrons. The highest BCUT2D eigenvalue weighted by Gasteiger charge is 2.22. The largest absolute Gasteiger partial charge is 0.456 e. The van der Waals surface area contributed by atoms with Gasteiger partial charge in [-0.15, -0.1) is 0 Å². The number of hydrogen-bond donors (Lipinski definition) is 0. The summed E-state index contributed by atoms with van der Waals surface area (Å²) < 4.78 is 5.62. The smallest absolute Gasteiger partial charge is 0.281 e. The van der Waals surface area contributed by atoms with Crippen LogP contribution in [0.1, 0.15) is 25.0 Å². The Kier molecular flexibility index (Phi) is 5.57. The van der Waals surface area contributed by atoms with Crippen LogP contribution in [0.25, 0.3) is 17.4 Å². The standard InChI is InChI=1S/C19H16ClN3O4/c20-14-4-6-16(17(11-14)23(25)26)18-7-5-15(27-18)10-13(12-21)19(24)22-8-2-1-3-9-22/h4-7,10-11H,1-3,8-9H2/b13-10+. The summed E-state index contributed by atoms with van der Waals surface area (Å²) in [6, 6.07) is 9.31. The zero-order valence-corrected chi connectivity index (χ0v) is 15.1. The van der Waals surface area contributed by atoms with Gasteiger partial charge in [0, 0.05) is 30.3 Å². The van der Waals surface area contributed by atoms with E-state index in [4.69, 9.17) is 16.0 Å². The zero-order chi connectivity index (χ0) is 19.4. The van der Waals surface area contributed by atoms with Gasteiger partial charge in [-0.1, -0.05) is 11.6 Å². The molecule has 0 spiro atoms. The second kappa shape index (κ2) is 8.06. The molecule has 1 aliphatic heterocycles. The molecule has 1 saturated heterocycles. The van der Waals surface area contributed by atoms with Crippen molar-refractivity contribution in [1.29, 1.82) is 5.26 Å². The Morgan fingerprint density at radius 1 is 1.26 bits per heavy atom. The van der Waals surface area contributed by atoms with Crippen molar-refractivity contribution in [1.82, 2.24) is 4.90 Å². The molecule has 1 fully saturated rings. The number of piperidine rings is 1. The van der Waals surface area contributed by atoms with Gasteiger partial charge in [0.1, 0.15) is 23.2 Å². The van der Waals surface area contributed by atoms with Crippen LogP contribution in [0.5, 0.6) is 0 Å². The average molecular weight is 386 g/mol. The molecule has 2 aromatic rings. The third-order valence-electron chi connectivity index (χ3n) is 4.33. The minimum Gasteiger partial charge on any atom is -0.456 e. The molecule has 1 aromatic heterocycles. The molecule has 3 rings (SSSR count). The van der Waals surface area contributed by atoms with Gasteiger partial charge < -0.3 is 9.32 Å². The van der Waals surface area contributed by atoms with Crippen LogP contribution in [0.15, 0.2) is 40.3 Å². The fraction of sp³-hybridized carbons (Fsp3) is 0.263. The third-order valence-corrected chi connectivity index (χ3v) is 4.56. The molecule has 8 heteroatoms. The molecule has 1 amide bonds. The van der Waals surface area contributed by atoms with Gasteiger partial charge in [0.2, 0.25) is 0 Å². The monoisotopic (exact) mass is 385 g/mol. The molecule has 0 aliphatic carbocycles. The molecule has 27 heavy (non-hydrogen) atoms. The molecule has 0 N–H and O–H groups in total. The molecule has 1 aliphatic rings. The summed E-state index contributed by atoms with van der Waals surface area (Å²) in [7, 11) is 0. The number of furan rings is 1. The van der Waals surface area contributed by atoms with E-state index in [1.165, 1.54) is 24.3 Å². The van der Waals surface area contributed by atoms with Gasteiger partial charge in [0.15, 0.2) is 0 Å². The first-order valence-corrected chi connectivity index (χ1v) is 8.82. The van der Waals surface area contributed by atoms with Crippen molar-refractivity contribution in [3.63, 3.8) is 0 Å². The fourth-order valence-corrected chi connectivity index (χ4v) is 3.16. The molecule has 7 nitrogen and oxygen atoms in total. The van der Waals surface area contributed by atoms with Gasteiger partial charge in [-0.25, -0.2) is 0 Å². The Morgan fingerprint density at radius 2 is 2.00 bits per heavy atom. The number of nitrogens with zero attached hydrogens (tertiary/aromatic N) is 3. The van der Waals surface area contributed by atoms with E-state index in [9.17, 15) is 20.2 Å². The number of rotatable bonds is 4. The Labute approximate surface area is 160 Å². The summed E-state index contributed by atoms with van der Waals surface area (Å²) in [5.74, 6) is 0.205. The van der Waals surface area contributed by atoms with E-state index in [0.717, 1.165) is 19.3 Å². The maximum Gasteiger partial charge on any atom is 0.281 e. The van der Waals surface area contributed by atoms with Gasteiger partial charge in [-0.05, 0) is 43.5 Å². The zero-order valence-electron chi connectivity index (χ0n) is 14.4. The molecule has 1 aromatic carbocycles. The number of nitriles is 1. The molecular formula is C19H16ClN3O4. The highest BCUT2D eigenvalue weighted by Crippen LogP contribution is 2.33. The summed E-state index contributed by atoms with van der Waals surface area (Å²) in [4.78, 5) is 24.8. The number of nitro groups is 1. The molecule has 0 bridgehead atoms. The van der Waals surface area contributed by atoms with E-state index in [1.54, 1.807) is 17.0 Å². The summed E-state index contributed by atoms with van der Waals surface area (Å²) in [5, 5.41) is 20.8. The highest BCUT2D eigenvalue weighted by atomic mass is 35.5. The lowest BCUT2D eigenvalue weighted by atomic mass is 10.1. The Balaban J connectivity index is 1.89. The van der Waals surface area contributed by atoms with Crippen molar-refractivity contribution in [3.05, 3.63) is 56.8 Å². The lowest BCUT2D eigenvalue weighted by Gasteiger charge is -2.26. The molecule has 0 radical (unpaired) electrons. The van der Waals surface area contributed by atoms with Gasteiger partial charge >= 0.3 is 0 Å². The first-order chi connectivity index (χ1) is 13.0. The summed E-state index contributed by atoms with van der Waals surface area (Å²) in [5.41, 5.74) is 0.0607. The van der Waals surface area contributed by atoms with Crippen LogP contribution in [0.2, 0.25) is 5.02 Å². The predicted octanol–water partition coefficient (Wildman–Crippen LogP) is 4.43. The van der Waals surface area contributed by atoms with Crippen molar-refractivity contribution in [2.45, 2.75) is 19.3 Å². The maximum atomic E-state index is 12.5. The topological polar surface area (TPSA) is 100 Å². The quantitative estimate of drug-likeness (QED) is 0.335. The third kappa shape index (κ3) is 4.18. The predicted molar refractivity (Wildman–Crippen MR) is 99.8 cm³/mol. The number of likely N-dealkylation sites (tertiary alicyclic amines) is 1. The van der Waals surface area contributed by atoms with Crippen LogP contribution >= 0.6 is 11.6 Å². The maximum absolute atomic E-state index is 12.5. The summed E-state index contributed by atoms with van der Waals surface area (Å²) >= 11 is 5.83. The lowest BCUT2D eigenvalue weighted by Crippen LogP contribution is -2.36. The van der Waals surface area contributed by atoms with Gasteiger partial charge in [-0.3, -0.25) is 14.9 Å². The minimum absolute atomic E-state index is 0.0246. The van der Waals surface area contributed by atoms with E-state index in [-0.39, 0.29) is 39.3 Å². The van der Waals surface area contributed by atoms with Crippen molar-refractivity contribution < 1.29 is 14.1 Å². The Morgan fingerprint density at radius 3 is 2.67 bits per heavy atom. The normalized spacial score (nSPS) is 14.7. The molecule has 0 atom stereocenters. The Bertz CT molecular complexity index is 952. The van der Waals surface area contributed by atoms with E-state index >= 15 is 0 Å². The van der Waals surface area contributed by atoms with Gasteiger partial charge in [-0.2, -0.15) is 5.26 Å². The molecule has 0 unspecified atom stereocenters. The summed E-state index contributed by atoms with van der Waals surface area (Å²) in [6.07, 6.45) is 4.30. The molecule has 2 heterocycles. The van der Waals surface area contributed by atoms with E-state index in [1.807, 2.05) is 6.07 Å². The second-order valence-electron chi connectivity index (χ2n) is 6.14. The first-order valence-electron chi connectivity index (χ1n) is 8.45. The van der Waals surface area contributed by atoms with E-state index < -0.39 is 4.92 Å². The lowest BCUT2D eigenvalue weighted by molar-refractivity contribution is -0.384. The number of benzene rings is 1. The average Bonchev–Trinajstić information content (AvgIpc) is 3.14. The number of amides is 1. The number of carbonyl (C=O) groups is 1. The van der Waals surface area contributed by atoms with E-state index in [2.05, 4.69) is 0 Å². The summed E-state index contributed by atoms with van der Waals surface area (Å²) in [6.45, 7) is 1.27. The van der Waals surface area contributed by atoms with Crippen LogP contribution in [-0.2, 0) is 4.79 Å². The van der Waals surface area contributed by atoms with Crippen LogP contribution < -0.4 is 0 Å². The van der Waals surface area contributed by atoms with Gasteiger partial charge in [0.05, 0.1) is 10.5 Å². The van der Waals surface area contributed by atoms with Crippen molar-refractivity contribution in [2.24, 2.45) is 0 Å². The van der Waals surface area contributed by atoms with Crippen LogP contribution in [0, 0.1) is 21.4 Å². The minimum atomic E-state index is -0.542. The SMILES string of the molecule is N#C/C(=C\c1ccc(-c2ccc(Cl)cc2[N+](=O)[O-])o1)C(=O)N1CCCCC1. The van der Waals surface area contributed by atoms with Crippen molar-refractivity contribution >= 4 is 29.3 Å². The van der Waals surface area contributed by atoms with Crippen LogP contribution in [0.4, 0.5) is 5.69 Å². The number of nitro benzene ring substituents is 1. The highest BCUT2D eigenvalue weighted by molar-refractivity contribution is 6.30. The van der Waals surface area contributed by atoms with Crippen molar-refractivity contribution in [3.8, 4) is 17.4 Å². The number of halogens is 1. The molecular weight excluding hydrogens is 370 g/mol. The number of hydrogen-bond acceptors (Lipinski definition) is 5. The Hall–Kier alpha value is -3.11. The molecule has 0 saturated carbocycles. The van der Waals surface area contributed by atoms with Gasteiger partial charge in [0.25, 0.3) is 11.6 Å². The first kappa shape index (κ1) is 18.7. The fourth-order valence-electron chi connectivity index (χ4n) is 2.99.